The molecule has 0 radical (unpaired) electrons. The zero-order valence-electron chi connectivity index (χ0n) is 11.6. The molecule has 1 aliphatic heterocycles. The number of rotatable bonds is 6. The number of fused-ring (bicyclic) bond motifs is 1. The Morgan fingerprint density at radius 1 is 1.32 bits per heavy atom. The van der Waals surface area contributed by atoms with E-state index in [0.29, 0.717) is 13.0 Å². The van der Waals surface area contributed by atoms with E-state index in [4.69, 9.17) is 5.73 Å². The van der Waals surface area contributed by atoms with E-state index in [1.807, 2.05) is 12.1 Å². The van der Waals surface area contributed by atoms with Crippen molar-refractivity contribution in [2.45, 2.75) is 38.8 Å². The van der Waals surface area contributed by atoms with Crippen LogP contribution in [0.1, 0.15) is 36.8 Å². The molecular weight excluding hydrogens is 238 g/mol. The lowest BCUT2D eigenvalue weighted by atomic mass is 10.1. The van der Waals surface area contributed by atoms with Crippen LogP contribution in [0.4, 0.5) is 5.69 Å². The van der Waals surface area contributed by atoms with Crippen molar-refractivity contribution in [3.05, 3.63) is 29.3 Å². The normalized spacial score (nSPS) is 14.4. The largest absolute Gasteiger partial charge is 0.330 e. The average molecular weight is 261 g/mol. The monoisotopic (exact) mass is 261 g/mol. The molecule has 1 amide bonds. The van der Waals surface area contributed by atoms with Gasteiger partial charge in [-0.05, 0) is 43.6 Å². The van der Waals surface area contributed by atoms with Crippen LogP contribution in [-0.4, -0.2) is 24.4 Å². The molecule has 3 N–H and O–H groups in total. The van der Waals surface area contributed by atoms with Crippen molar-refractivity contribution in [3.8, 4) is 0 Å². The zero-order valence-corrected chi connectivity index (χ0v) is 11.6. The van der Waals surface area contributed by atoms with E-state index in [0.717, 1.165) is 38.0 Å². The number of carbonyl (C=O) groups is 1. The first-order chi connectivity index (χ1) is 9.20. The number of nitrogens with one attached hydrogen (secondary N) is 1. The number of benzene rings is 1. The van der Waals surface area contributed by atoms with Crippen molar-refractivity contribution >= 4 is 11.6 Å². The minimum Gasteiger partial charge on any atom is -0.330 e. The summed E-state index contributed by atoms with van der Waals surface area (Å²) in [6, 6.07) is 6.15. The molecule has 1 aromatic rings. The van der Waals surface area contributed by atoms with Crippen molar-refractivity contribution in [3.63, 3.8) is 0 Å². The third-order valence-corrected chi connectivity index (χ3v) is 3.52. The summed E-state index contributed by atoms with van der Waals surface area (Å²) < 4.78 is 0. The standard InChI is InChI=1S/C15H23N3O/c1-18-10-12-6-5-7-14(13(12)11-18)17-15(19)8-3-2-4-9-16/h5-7H,2-4,8-11,16H2,1H3,(H,17,19). The van der Waals surface area contributed by atoms with Crippen molar-refractivity contribution in [2.24, 2.45) is 5.73 Å². The molecule has 4 nitrogen and oxygen atoms in total. The van der Waals surface area contributed by atoms with Crippen molar-refractivity contribution in [2.75, 3.05) is 18.9 Å². The van der Waals surface area contributed by atoms with Gasteiger partial charge in [0.1, 0.15) is 0 Å². The number of amides is 1. The van der Waals surface area contributed by atoms with Crippen LogP contribution >= 0.6 is 0 Å². The minimum atomic E-state index is 0.111. The fourth-order valence-corrected chi connectivity index (χ4v) is 2.52. The lowest BCUT2D eigenvalue weighted by Gasteiger charge is -2.10. The number of anilines is 1. The Balaban J connectivity index is 1.90. The Kier molecular flexibility index (Phi) is 4.93. The van der Waals surface area contributed by atoms with Gasteiger partial charge in [-0.25, -0.2) is 0 Å². The lowest BCUT2D eigenvalue weighted by molar-refractivity contribution is -0.116. The summed E-state index contributed by atoms with van der Waals surface area (Å²) in [5, 5.41) is 3.04. The van der Waals surface area contributed by atoms with E-state index in [-0.39, 0.29) is 5.91 Å². The lowest BCUT2D eigenvalue weighted by Crippen LogP contribution is -2.13. The second-order valence-electron chi connectivity index (χ2n) is 5.26. The van der Waals surface area contributed by atoms with Crippen LogP contribution in [0.25, 0.3) is 0 Å². The number of hydrogen-bond acceptors (Lipinski definition) is 3. The van der Waals surface area contributed by atoms with Gasteiger partial charge in [0, 0.05) is 25.2 Å². The maximum Gasteiger partial charge on any atom is 0.224 e. The van der Waals surface area contributed by atoms with Crippen LogP contribution in [0, 0.1) is 0 Å². The first kappa shape index (κ1) is 14.0. The number of hydrogen-bond donors (Lipinski definition) is 2. The summed E-state index contributed by atoms with van der Waals surface area (Å²) in [6.45, 7) is 2.59. The number of nitrogens with zero attached hydrogens (tertiary/aromatic N) is 1. The average Bonchev–Trinajstić information content (AvgIpc) is 2.76. The third kappa shape index (κ3) is 3.78. The smallest absolute Gasteiger partial charge is 0.224 e. The first-order valence-corrected chi connectivity index (χ1v) is 7.00. The molecule has 2 rings (SSSR count). The molecule has 1 heterocycles. The second kappa shape index (κ2) is 6.68. The Bertz CT molecular complexity index is 445. The molecule has 19 heavy (non-hydrogen) atoms. The maximum atomic E-state index is 11.9. The van der Waals surface area contributed by atoms with Crippen molar-refractivity contribution in [1.82, 2.24) is 4.90 Å². The molecule has 4 heteroatoms. The number of carbonyl (C=O) groups excluding carboxylic acids is 1. The molecule has 0 fully saturated rings. The fourth-order valence-electron chi connectivity index (χ4n) is 2.52. The summed E-state index contributed by atoms with van der Waals surface area (Å²) >= 11 is 0. The van der Waals surface area contributed by atoms with Gasteiger partial charge in [0.25, 0.3) is 0 Å². The highest BCUT2D eigenvalue weighted by atomic mass is 16.1. The zero-order chi connectivity index (χ0) is 13.7. The van der Waals surface area contributed by atoms with Crippen LogP contribution in [0.3, 0.4) is 0 Å². The Labute approximate surface area is 115 Å². The third-order valence-electron chi connectivity index (χ3n) is 3.52. The topological polar surface area (TPSA) is 58.4 Å². The minimum absolute atomic E-state index is 0.111. The summed E-state index contributed by atoms with van der Waals surface area (Å²) in [5.74, 6) is 0.111. The molecule has 0 aromatic heterocycles. The molecule has 0 saturated carbocycles. The number of unbranched alkanes of at least 4 members (excludes halogenated alkanes) is 2. The van der Waals surface area contributed by atoms with Gasteiger partial charge in [-0.3, -0.25) is 9.69 Å². The van der Waals surface area contributed by atoms with Gasteiger partial charge in [0.2, 0.25) is 5.91 Å². The molecule has 0 saturated heterocycles. The summed E-state index contributed by atoms with van der Waals surface area (Å²) in [7, 11) is 2.10. The molecule has 1 aromatic carbocycles. The van der Waals surface area contributed by atoms with Crippen molar-refractivity contribution in [1.29, 1.82) is 0 Å². The van der Waals surface area contributed by atoms with Crippen LogP contribution < -0.4 is 11.1 Å². The second-order valence-corrected chi connectivity index (χ2v) is 5.26. The van der Waals surface area contributed by atoms with E-state index >= 15 is 0 Å². The molecule has 0 aliphatic carbocycles. The fraction of sp³-hybridized carbons (Fsp3) is 0.533. The Morgan fingerprint density at radius 2 is 2.16 bits per heavy atom. The van der Waals surface area contributed by atoms with Crippen LogP contribution in [0.2, 0.25) is 0 Å². The summed E-state index contributed by atoms with van der Waals surface area (Å²) in [5.41, 5.74) is 9.00. The highest BCUT2D eigenvalue weighted by molar-refractivity contribution is 5.91. The summed E-state index contributed by atoms with van der Waals surface area (Å²) in [4.78, 5) is 14.2. The molecule has 0 unspecified atom stereocenters. The van der Waals surface area contributed by atoms with E-state index in [1.165, 1.54) is 11.1 Å². The van der Waals surface area contributed by atoms with Crippen LogP contribution in [0.15, 0.2) is 18.2 Å². The Hall–Kier alpha value is -1.39. The van der Waals surface area contributed by atoms with Gasteiger partial charge in [-0.2, -0.15) is 0 Å². The predicted molar refractivity (Wildman–Crippen MR) is 77.8 cm³/mol. The van der Waals surface area contributed by atoms with Crippen LogP contribution in [0.5, 0.6) is 0 Å². The molecule has 0 bridgehead atoms. The quantitative estimate of drug-likeness (QED) is 0.771. The van der Waals surface area contributed by atoms with Crippen molar-refractivity contribution < 1.29 is 4.79 Å². The highest BCUT2D eigenvalue weighted by Crippen LogP contribution is 2.28. The van der Waals surface area contributed by atoms with Gasteiger partial charge >= 0.3 is 0 Å². The first-order valence-electron chi connectivity index (χ1n) is 7.00. The van der Waals surface area contributed by atoms with Crippen LogP contribution in [-0.2, 0) is 17.9 Å². The maximum absolute atomic E-state index is 11.9. The van der Waals surface area contributed by atoms with Gasteiger partial charge in [0.05, 0.1) is 0 Å². The van der Waals surface area contributed by atoms with Gasteiger partial charge < -0.3 is 11.1 Å². The van der Waals surface area contributed by atoms with Gasteiger partial charge in [-0.1, -0.05) is 18.6 Å². The summed E-state index contributed by atoms with van der Waals surface area (Å²) in [6.07, 6.45) is 3.52. The molecule has 0 spiro atoms. The predicted octanol–water partition coefficient (Wildman–Crippen LogP) is 2.09. The highest BCUT2D eigenvalue weighted by Gasteiger charge is 2.19. The SMILES string of the molecule is CN1Cc2cccc(NC(=O)CCCCCN)c2C1. The van der Waals surface area contributed by atoms with E-state index < -0.39 is 0 Å². The molecule has 1 aliphatic rings. The number of nitrogens with two attached hydrogens (primary N) is 1. The van der Waals surface area contributed by atoms with E-state index in [2.05, 4.69) is 23.3 Å². The van der Waals surface area contributed by atoms with Gasteiger partial charge in [-0.15, -0.1) is 0 Å². The molecule has 0 atom stereocenters. The molecule has 104 valence electrons. The Morgan fingerprint density at radius 3 is 2.95 bits per heavy atom. The molecular formula is C15H23N3O. The van der Waals surface area contributed by atoms with Gasteiger partial charge in [0.15, 0.2) is 0 Å². The van der Waals surface area contributed by atoms with E-state index in [1.54, 1.807) is 0 Å². The van der Waals surface area contributed by atoms with E-state index in [9.17, 15) is 4.79 Å².